The molecular weight excluding hydrogens is 214 g/mol. The number of carbonyl (C=O) groups excluding carboxylic acids is 2. The van der Waals surface area contributed by atoms with Gasteiger partial charge in [0, 0.05) is 6.92 Å². The SMILES string of the molecule is CC(=O)[C@@H]1CCC(c2ccccc2)N1C(C)=O. The van der Waals surface area contributed by atoms with E-state index in [1.54, 1.807) is 11.8 Å². The second kappa shape index (κ2) is 4.70. The molecule has 1 aromatic carbocycles. The number of nitrogens with zero attached hydrogens (tertiary/aromatic N) is 1. The summed E-state index contributed by atoms with van der Waals surface area (Å²) in [7, 11) is 0. The molecule has 1 fully saturated rings. The molecule has 1 heterocycles. The Bertz CT molecular complexity index is 427. The molecule has 0 N–H and O–H groups in total. The van der Waals surface area contributed by atoms with Crippen molar-refractivity contribution in [3.63, 3.8) is 0 Å². The highest BCUT2D eigenvalue weighted by molar-refractivity contribution is 5.87. The fraction of sp³-hybridized carbons (Fsp3) is 0.429. The molecule has 0 saturated carbocycles. The lowest BCUT2D eigenvalue weighted by atomic mass is 10.0. The standard InChI is InChI=1S/C14H17NO2/c1-10(16)13-8-9-14(15(13)11(2)17)12-6-4-3-5-7-12/h3-7,13-14H,8-9H2,1-2H3/t13-,14?/m0/s1. The van der Waals surface area contributed by atoms with Crippen molar-refractivity contribution in [1.82, 2.24) is 4.90 Å². The van der Waals surface area contributed by atoms with E-state index in [0.29, 0.717) is 0 Å². The van der Waals surface area contributed by atoms with Gasteiger partial charge in [0.25, 0.3) is 0 Å². The monoisotopic (exact) mass is 231 g/mol. The molecule has 3 heteroatoms. The van der Waals surface area contributed by atoms with E-state index in [9.17, 15) is 9.59 Å². The average Bonchev–Trinajstić information content (AvgIpc) is 2.74. The lowest BCUT2D eigenvalue weighted by Crippen LogP contribution is -2.39. The van der Waals surface area contributed by atoms with Crippen LogP contribution in [0.5, 0.6) is 0 Å². The summed E-state index contributed by atoms with van der Waals surface area (Å²) in [4.78, 5) is 25.0. The molecule has 0 radical (unpaired) electrons. The smallest absolute Gasteiger partial charge is 0.220 e. The minimum atomic E-state index is -0.238. The van der Waals surface area contributed by atoms with Crippen LogP contribution in [0.25, 0.3) is 0 Å². The topological polar surface area (TPSA) is 37.4 Å². The molecule has 90 valence electrons. The van der Waals surface area contributed by atoms with Crippen LogP contribution in [-0.2, 0) is 9.59 Å². The van der Waals surface area contributed by atoms with Crippen LogP contribution in [0.1, 0.15) is 38.3 Å². The van der Waals surface area contributed by atoms with Crippen LogP contribution >= 0.6 is 0 Å². The van der Waals surface area contributed by atoms with Crippen LogP contribution < -0.4 is 0 Å². The van der Waals surface area contributed by atoms with Gasteiger partial charge in [-0.3, -0.25) is 9.59 Å². The van der Waals surface area contributed by atoms with Gasteiger partial charge in [-0.25, -0.2) is 0 Å². The Morgan fingerprint density at radius 1 is 1.12 bits per heavy atom. The number of likely N-dealkylation sites (tertiary alicyclic amines) is 1. The summed E-state index contributed by atoms with van der Waals surface area (Å²) in [6, 6.07) is 9.75. The molecule has 1 aliphatic heterocycles. The number of hydrogen-bond acceptors (Lipinski definition) is 2. The van der Waals surface area contributed by atoms with Gasteiger partial charge in [-0.15, -0.1) is 0 Å². The number of benzene rings is 1. The zero-order valence-corrected chi connectivity index (χ0v) is 10.2. The first-order chi connectivity index (χ1) is 8.11. The third kappa shape index (κ3) is 2.23. The Kier molecular flexibility index (Phi) is 3.27. The Balaban J connectivity index is 2.30. The molecule has 0 aliphatic carbocycles. The van der Waals surface area contributed by atoms with Crippen LogP contribution in [0.2, 0.25) is 0 Å². The molecule has 0 aromatic heterocycles. The minimum Gasteiger partial charge on any atom is -0.326 e. The number of Topliss-reactive ketones (excluding diaryl/α,β-unsaturated/α-hetero) is 1. The molecule has 0 bridgehead atoms. The highest BCUT2D eigenvalue weighted by Crippen LogP contribution is 2.36. The maximum atomic E-state index is 11.7. The summed E-state index contributed by atoms with van der Waals surface area (Å²) in [5.74, 6) is 0.0650. The van der Waals surface area contributed by atoms with Crippen LogP contribution in [-0.4, -0.2) is 22.6 Å². The predicted molar refractivity (Wildman–Crippen MR) is 65.4 cm³/mol. The second-order valence-electron chi connectivity index (χ2n) is 4.56. The van der Waals surface area contributed by atoms with E-state index in [0.717, 1.165) is 18.4 Å². The lowest BCUT2D eigenvalue weighted by molar-refractivity contribution is -0.137. The quantitative estimate of drug-likeness (QED) is 0.783. The van der Waals surface area contributed by atoms with Crippen LogP contribution in [0.15, 0.2) is 30.3 Å². The molecule has 0 spiro atoms. The van der Waals surface area contributed by atoms with E-state index in [4.69, 9.17) is 0 Å². The molecule has 1 unspecified atom stereocenters. The van der Waals surface area contributed by atoms with Gasteiger partial charge in [-0.2, -0.15) is 0 Å². The molecule has 1 amide bonds. The minimum absolute atomic E-state index is 0.0171. The summed E-state index contributed by atoms with van der Waals surface area (Å²) in [6.45, 7) is 3.10. The van der Waals surface area contributed by atoms with Gasteiger partial charge in [0.05, 0.1) is 12.1 Å². The Hall–Kier alpha value is -1.64. The van der Waals surface area contributed by atoms with E-state index in [1.807, 2.05) is 30.3 Å². The average molecular weight is 231 g/mol. The summed E-state index contributed by atoms with van der Waals surface area (Å²) in [6.07, 6.45) is 1.64. The van der Waals surface area contributed by atoms with Gasteiger partial charge in [0.1, 0.15) is 0 Å². The number of hydrogen-bond donors (Lipinski definition) is 0. The van der Waals surface area contributed by atoms with E-state index in [-0.39, 0.29) is 23.8 Å². The maximum Gasteiger partial charge on any atom is 0.220 e. The van der Waals surface area contributed by atoms with Crippen molar-refractivity contribution in [3.8, 4) is 0 Å². The maximum absolute atomic E-state index is 11.7. The Morgan fingerprint density at radius 2 is 1.76 bits per heavy atom. The zero-order chi connectivity index (χ0) is 12.4. The first-order valence-electron chi connectivity index (χ1n) is 5.95. The zero-order valence-electron chi connectivity index (χ0n) is 10.2. The Labute approximate surface area is 101 Å². The van der Waals surface area contributed by atoms with Crippen molar-refractivity contribution < 1.29 is 9.59 Å². The normalized spacial score (nSPS) is 23.8. The van der Waals surface area contributed by atoms with Crippen molar-refractivity contribution in [2.75, 3.05) is 0 Å². The molecular formula is C14H17NO2. The molecule has 1 aromatic rings. The second-order valence-corrected chi connectivity index (χ2v) is 4.56. The van der Waals surface area contributed by atoms with E-state index < -0.39 is 0 Å². The Morgan fingerprint density at radius 3 is 2.29 bits per heavy atom. The van der Waals surface area contributed by atoms with Gasteiger partial charge in [0.15, 0.2) is 5.78 Å². The van der Waals surface area contributed by atoms with E-state index >= 15 is 0 Å². The number of ketones is 1. The van der Waals surface area contributed by atoms with Crippen LogP contribution in [0, 0.1) is 0 Å². The van der Waals surface area contributed by atoms with E-state index in [2.05, 4.69) is 0 Å². The number of rotatable bonds is 2. The summed E-state index contributed by atoms with van der Waals surface area (Å²) < 4.78 is 0. The predicted octanol–water partition coefficient (Wildman–Crippen LogP) is 2.33. The van der Waals surface area contributed by atoms with Crippen molar-refractivity contribution in [2.45, 2.75) is 38.8 Å². The molecule has 1 aliphatic rings. The van der Waals surface area contributed by atoms with Crippen molar-refractivity contribution in [3.05, 3.63) is 35.9 Å². The largest absolute Gasteiger partial charge is 0.326 e. The molecule has 3 nitrogen and oxygen atoms in total. The van der Waals surface area contributed by atoms with Gasteiger partial charge in [0.2, 0.25) is 5.91 Å². The first-order valence-corrected chi connectivity index (χ1v) is 5.95. The van der Waals surface area contributed by atoms with E-state index in [1.165, 1.54) is 6.92 Å². The van der Waals surface area contributed by atoms with Crippen LogP contribution in [0.3, 0.4) is 0 Å². The van der Waals surface area contributed by atoms with Crippen LogP contribution in [0.4, 0.5) is 0 Å². The lowest BCUT2D eigenvalue weighted by Gasteiger charge is -2.28. The molecule has 2 rings (SSSR count). The summed E-state index contributed by atoms with van der Waals surface area (Å²) >= 11 is 0. The van der Waals surface area contributed by atoms with Gasteiger partial charge < -0.3 is 4.90 Å². The third-order valence-electron chi connectivity index (χ3n) is 3.40. The fourth-order valence-electron chi connectivity index (χ4n) is 2.65. The summed E-state index contributed by atoms with van der Waals surface area (Å²) in [5.41, 5.74) is 1.12. The van der Waals surface area contributed by atoms with Gasteiger partial charge in [-0.1, -0.05) is 30.3 Å². The third-order valence-corrected chi connectivity index (χ3v) is 3.40. The highest BCUT2D eigenvalue weighted by atomic mass is 16.2. The van der Waals surface area contributed by atoms with Gasteiger partial charge in [-0.05, 0) is 25.3 Å². The molecule has 2 atom stereocenters. The molecule has 17 heavy (non-hydrogen) atoms. The first kappa shape index (κ1) is 11.8. The van der Waals surface area contributed by atoms with Gasteiger partial charge >= 0.3 is 0 Å². The number of carbonyl (C=O) groups is 2. The van der Waals surface area contributed by atoms with Crippen molar-refractivity contribution in [2.24, 2.45) is 0 Å². The van der Waals surface area contributed by atoms with Crippen molar-refractivity contribution in [1.29, 1.82) is 0 Å². The highest BCUT2D eigenvalue weighted by Gasteiger charge is 2.38. The number of amides is 1. The fourth-order valence-corrected chi connectivity index (χ4v) is 2.65. The molecule has 1 saturated heterocycles. The van der Waals surface area contributed by atoms with Crippen molar-refractivity contribution >= 4 is 11.7 Å². The summed E-state index contributed by atoms with van der Waals surface area (Å²) in [5, 5.41) is 0.